The van der Waals surface area contributed by atoms with Crippen molar-refractivity contribution in [2.75, 3.05) is 0 Å². The smallest absolute Gasteiger partial charge is 0.244 e. The molecule has 94 valence electrons. The van der Waals surface area contributed by atoms with E-state index in [-0.39, 0.29) is 5.91 Å². The summed E-state index contributed by atoms with van der Waals surface area (Å²) in [7, 11) is 0. The molecule has 3 atom stereocenters. The van der Waals surface area contributed by atoms with Crippen molar-refractivity contribution in [2.45, 2.75) is 32.9 Å². The number of hydrogen-bond acceptors (Lipinski definition) is 4. The lowest BCUT2D eigenvalue weighted by molar-refractivity contribution is -0.129. The molecule has 2 aliphatic rings. The van der Waals surface area contributed by atoms with Gasteiger partial charge in [-0.1, -0.05) is 13.8 Å². The largest absolute Gasteiger partial charge is 0.332 e. The van der Waals surface area contributed by atoms with Crippen molar-refractivity contribution in [3.8, 4) is 12.1 Å². The minimum Gasteiger partial charge on any atom is -0.332 e. The molecule has 2 heterocycles. The molecule has 0 aromatic heterocycles. The normalized spacial score (nSPS) is 36.3. The standard InChI is InChI=1S/C12H13BrN4O/c1-3-11(4-2)9-16-8(13)7(5-14)12(11,6-15)10(18)17-9/h7,9H,3-4H2,1-2H3,(H,17,18)/t7?,9-,12+/m0/s1. The van der Waals surface area contributed by atoms with Gasteiger partial charge in [0.05, 0.1) is 16.8 Å². The molecule has 2 rings (SSSR count). The van der Waals surface area contributed by atoms with Crippen LogP contribution in [0.1, 0.15) is 26.7 Å². The van der Waals surface area contributed by atoms with Crippen LogP contribution in [0.4, 0.5) is 0 Å². The van der Waals surface area contributed by atoms with E-state index in [1.165, 1.54) is 0 Å². The average Bonchev–Trinajstić information content (AvgIpc) is 2.53. The van der Waals surface area contributed by atoms with Crippen molar-refractivity contribution in [3.63, 3.8) is 0 Å². The van der Waals surface area contributed by atoms with Gasteiger partial charge in [-0.15, -0.1) is 0 Å². The van der Waals surface area contributed by atoms with Crippen LogP contribution in [0.25, 0.3) is 0 Å². The quantitative estimate of drug-likeness (QED) is 0.842. The first-order chi connectivity index (χ1) is 8.53. The van der Waals surface area contributed by atoms with Crippen LogP contribution in [0, 0.1) is 39.4 Å². The number of halogens is 1. The van der Waals surface area contributed by atoms with Crippen LogP contribution in [0.15, 0.2) is 4.99 Å². The van der Waals surface area contributed by atoms with Gasteiger partial charge >= 0.3 is 0 Å². The highest BCUT2D eigenvalue weighted by Gasteiger charge is 2.71. The van der Waals surface area contributed by atoms with E-state index in [9.17, 15) is 15.3 Å². The van der Waals surface area contributed by atoms with Gasteiger partial charge in [0, 0.05) is 5.41 Å². The molecule has 2 aliphatic heterocycles. The first kappa shape index (κ1) is 13.0. The second-order valence-corrected chi connectivity index (χ2v) is 5.49. The second kappa shape index (κ2) is 4.07. The SMILES string of the molecule is CCC1(CC)[C@H]2N=C(Br)C(C#N)[C@]1(C#N)C(=O)N2. The Hall–Kier alpha value is -1.40. The average molecular weight is 309 g/mol. The number of nitrogens with zero attached hydrogens (tertiary/aromatic N) is 3. The summed E-state index contributed by atoms with van der Waals surface area (Å²) < 4.78 is 0.396. The number of hydrogen-bond donors (Lipinski definition) is 1. The minimum atomic E-state index is -1.34. The van der Waals surface area contributed by atoms with Gasteiger partial charge < -0.3 is 5.32 Å². The monoisotopic (exact) mass is 308 g/mol. The lowest BCUT2D eigenvalue weighted by Gasteiger charge is -2.44. The minimum absolute atomic E-state index is 0.372. The highest BCUT2D eigenvalue weighted by atomic mass is 79.9. The third-order valence-electron chi connectivity index (χ3n) is 4.43. The number of rotatable bonds is 2. The summed E-state index contributed by atoms with van der Waals surface area (Å²) in [5, 5.41) is 21.7. The highest BCUT2D eigenvalue weighted by Crippen LogP contribution is 2.59. The molecule has 6 heteroatoms. The van der Waals surface area contributed by atoms with Gasteiger partial charge in [-0.3, -0.25) is 9.79 Å². The molecule has 5 nitrogen and oxygen atoms in total. The van der Waals surface area contributed by atoms with E-state index in [2.05, 4.69) is 38.4 Å². The number of amides is 1. The molecular formula is C12H13BrN4O. The predicted molar refractivity (Wildman–Crippen MR) is 68.5 cm³/mol. The molecule has 0 radical (unpaired) electrons. The van der Waals surface area contributed by atoms with Crippen molar-refractivity contribution in [3.05, 3.63) is 0 Å². The number of carbonyl (C=O) groups excluding carboxylic acids is 1. The molecule has 1 N–H and O–H groups in total. The number of nitrogens with one attached hydrogen (secondary N) is 1. The van der Waals surface area contributed by atoms with Crippen molar-refractivity contribution in [2.24, 2.45) is 21.7 Å². The Kier molecular flexibility index (Phi) is 2.95. The van der Waals surface area contributed by atoms with Gasteiger partial charge in [0.2, 0.25) is 5.91 Å². The lowest BCUT2D eigenvalue weighted by Crippen LogP contribution is -2.53. The van der Waals surface area contributed by atoms with Crippen molar-refractivity contribution >= 4 is 26.5 Å². The Morgan fingerprint density at radius 2 is 2.06 bits per heavy atom. The van der Waals surface area contributed by atoms with Crippen molar-refractivity contribution in [1.82, 2.24) is 5.32 Å². The van der Waals surface area contributed by atoms with E-state index in [4.69, 9.17) is 0 Å². The maximum Gasteiger partial charge on any atom is 0.244 e. The molecule has 0 aliphatic carbocycles. The predicted octanol–water partition coefficient (Wildman–Crippen LogP) is 1.71. The van der Waals surface area contributed by atoms with Gasteiger partial charge in [-0.2, -0.15) is 10.5 Å². The summed E-state index contributed by atoms with van der Waals surface area (Å²) in [6.07, 6.45) is 0.837. The van der Waals surface area contributed by atoms with Crippen LogP contribution < -0.4 is 5.32 Å². The molecule has 2 bridgehead atoms. The van der Waals surface area contributed by atoms with Crippen LogP contribution >= 0.6 is 15.9 Å². The number of carbonyl (C=O) groups is 1. The molecule has 0 saturated carbocycles. The molecule has 0 spiro atoms. The fourth-order valence-electron chi connectivity index (χ4n) is 3.34. The van der Waals surface area contributed by atoms with Gasteiger partial charge in [0.1, 0.15) is 12.1 Å². The van der Waals surface area contributed by atoms with E-state index in [0.29, 0.717) is 17.5 Å². The third-order valence-corrected chi connectivity index (χ3v) is 5.09. The van der Waals surface area contributed by atoms with Crippen LogP contribution in [0.5, 0.6) is 0 Å². The lowest BCUT2D eigenvalue weighted by atomic mass is 9.55. The Morgan fingerprint density at radius 3 is 2.50 bits per heavy atom. The van der Waals surface area contributed by atoms with Gasteiger partial charge in [0.25, 0.3) is 0 Å². The van der Waals surface area contributed by atoms with E-state index < -0.39 is 22.9 Å². The second-order valence-electron chi connectivity index (χ2n) is 4.67. The topological polar surface area (TPSA) is 89.0 Å². The van der Waals surface area contributed by atoms with Crippen LogP contribution in [-0.2, 0) is 4.79 Å². The Balaban J connectivity index is 2.77. The van der Waals surface area contributed by atoms with Crippen LogP contribution in [0.2, 0.25) is 0 Å². The van der Waals surface area contributed by atoms with E-state index >= 15 is 0 Å². The van der Waals surface area contributed by atoms with E-state index in [1.807, 2.05) is 13.8 Å². The van der Waals surface area contributed by atoms with Gasteiger partial charge in [-0.05, 0) is 28.8 Å². The molecule has 1 unspecified atom stereocenters. The van der Waals surface area contributed by atoms with E-state index in [0.717, 1.165) is 0 Å². The Bertz CT molecular complexity index is 511. The summed E-state index contributed by atoms with van der Waals surface area (Å²) in [4.78, 5) is 16.6. The van der Waals surface area contributed by atoms with E-state index in [1.54, 1.807) is 0 Å². The summed E-state index contributed by atoms with van der Waals surface area (Å²) in [6.45, 7) is 3.87. The molecule has 1 fully saturated rings. The van der Waals surface area contributed by atoms with Crippen molar-refractivity contribution < 1.29 is 4.79 Å². The van der Waals surface area contributed by atoms with Gasteiger partial charge in [-0.25, -0.2) is 0 Å². The summed E-state index contributed by atoms with van der Waals surface area (Å²) in [6, 6.07) is 4.20. The summed E-state index contributed by atoms with van der Waals surface area (Å²) in [5.74, 6) is -1.20. The number of nitriles is 2. The maximum absolute atomic E-state index is 12.3. The Labute approximate surface area is 114 Å². The molecule has 0 aromatic carbocycles. The van der Waals surface area contributed by atoms with Gasteiger partial charge in [0.15, 0.2) is 5.41 Å². The fourth-order valence-corrected chi connectivity index (χ4v) is 3.99. The summed E-state index contributed by atoms with van der Waals surface area (Å²) in [5.41, 5.74) is -1.94. The molecular weight excluding hydrogens is 296 g/mol. The summed E-state index contributed by atoms with van der Waals surface area (Å²) >= 11 is 3.23. The molecule has 1 saturated heterocycles. The first-order valence-electron chi connectivity index (χ1n) is 5.89. The zero-order valence-electron chi connectivity index (χ0n) is 10.2. The number of aliphatic imine (C=N–C) groups is 1. The van der Waals surface area contributed by atoms with Crippen LogP contribution in [-0.4, -0.2) is 16.7 Å². The zero-order chi connectivity index (χ0) is 13.6. The molecule has 1 amide bonds. The number of fused-ring (bicyclic) bond motifs is 2. The molecule has 0 aromatic rings. The fraction of sp³-hybridized carbons (Fsp3) is 0.667. The highest BCUT2D eigenvalue weighted by molar-refractivity contribution is 9.18. The Morgan fingerprint density at radius 1 is 1.44 bits per heavy atom. The maximum atomic E-state index is 12.3. The first-order valence-corrected chi connectivity index (χ1v) is 6.68. The van der Waals surface area contributed by atoms with Crippen LogP contribution in [0.3, 0.4) is 0 Å². The molecule has 18 heavy (non-hydrogen) atoms. The third kappa shape index (κ3) is 1.14. The zero-order valence-corrected chi connectivity index (χ0v) is 11.8. The van der Waals surface area contributed by atoms with Crippen molar-refractivity contribution in [1.29, 1.82) is 10.5 Å².